The van der Waals surface area contributed by atoms with E-state index in [9.17, 15) is 19.6 Å². The predicted octanol–water partition coefficient (Wildman–Crippen LogP) is 3.63. The van der Waals surface area contributed by atoms with Crippen molar-refractivity contribution in [3.05, 3.63) is 50.9 Å². The molecule has 1 fully saturated rings. The van der Waals surface area contributed by atoms with Crippen LogP contribution in [0.4, 0.5) is 5.00 Å². The smallest absolute Gasteiger partial charge is 0.348 e. The molecule has 10 heteroatoms. The fraction of sp³-hybridized carbons (Fsp3) is 0.364. The summed E-state index contributed by atoms with van der Waals surface area (Å²) in [6.07, 6.45) is 0.916. The molecule has 0 bridgehead atoms. The molecule has 168 valence electrons. The molecule has 8 nitrogen and oxygen atoms in total. The highest BCUT2D eigenvalue weighted by atomic mass is 35.5. The molecular formula is C22H22ClN3O5S. The van der Waals surface area contributed by atoms with Crippen molar-refractivity contribution in [2.75, 3.05) is 25.4 Å². The summed E-state index contributed by atoms with van der Waals surface area (Å²) < 4.78 is 10.4. The Balaban J connectivity index is 1.59. The standard InChI is InChI=1S/C22H22ClN3O5S/c1-2-30-22(29)18-17(16(11-24)19(25)32-18)12-31-21(28)14-7-9-26(10-8-14)20(27)13-3-5-15(23)6-4-13/h3-6,14H,2,7-10,12,25H2,1H3. The summed E-state index contributed by atoms with van der Waals surface area (Å²) in [6.45, 7) is 2.44. The van der Waals surface area contributed by atoms with Gasteiger partial charge in [0.1, 0.15) is 22.6 Å². The third-order valence-electron chi connectivity index (χ3n) is 5.17. The first-order chi connectivity index (χ1) is 15.3. The van der Waals surface area contributed by atoms with Crippen LogP contribution >= 0.6 is 22.9 Å². The number of likely N-dealkylation sites (tertiary alicyclic amines) is 1. The minimum absolute atomic E-state index is 0.111. The zero-order valence-electron chi connectivity index (χ0n) is 17.4. The van der Waals surface area contributed by atoms with Gasteiger partial charge in [0.25, 0.3) is 5.91 Å². The lowest BCUT2D eigenvalue weighted by molar-refractivity contribution is -0.151. The van der Waals surface area contributed by atoms with Crippen molar-refractivity contribution in [2.24, 2.45) is 5.92 Å². The van der Waals surface area contributed by atoms with Gasteiger partial charge in [-0.05, 0) is 44.0 Å². The van der Waals surface area contributed by atoms with Crippen LogP contribution in [0.25, 0.3) is 0 Å². The van der Waals surface area contributed by atoms with Gasteiger partial charge < -0.3 is 20.1 Å². The second-order valence-corrected chi connectivity index (χ2v) is 8.65. The molecule has 0 unspecified atom stereocenters. The van der Waals surface area contributed by atoms with Crippen molar-refractivity contribution in [1.29, 1.82) is 5.26 Å². The van der Waals surface area contributed by atoms with Crippen molar-refractivity contribution < 1.29 is 23.9 Å². The first kappa shape index (κ1) is 23.6. The van der Waals surface area contributed by atoms with E-state index in [1.165, 1.54) is 0 Å². The number of amides is 1. The minimum Gasteiger partial charge on any atom is -0.462 e. The van der Waals surface area contributed by atoms with Crippen LogP contribution in [0.15, 0.2) is 24.3 Å². The highest BCUT2D eigenvalue weighted by molar-refractivity contribution is 7.18. The number of nitrogens with zero attached hydrogens (tertiary/aromatic N) is 2. The molecule has 1 aromatic carbocycles. The van der Waals surface area contributed by atoms with Gasteiger partial charge in [0.15, 0.2) is 0 Å². The highest BCUT2D eigenvalue weighted by Crippen LogP contribution is 2.32. The first-order valence-corrected chi connectivity index (χ1v) is 11.2. The maximum atomic E-state index is 12.6. The predicted molar refractivity (Wildman–Crippen MR) is 119 cm³/mol. The first-order valence-electron chi connectivity index (χ1n) is 10.1. The Morgan fingerprint density at radius 2 is 1.88 bits per heavy atom. The van der Waals surface area contributed by atoms with Crippen molar-refractivity contribution in [2.45, 2.75) is 26.4 Å². The van der Waals surface area contributed by atoms with E-state index < -0.39 is 11.9 Å². The highest BCUT2D eigenvalue weighted by Gasteiger charge is 2.30. The van der Waals surface area contributed by atoms with E-state index in [-0.39, 0.29) is 46.0 Å². The van der Waals surface area contributed by atoms with Crippen LogP contribution in [0.2, 0.25) is 5.02 Å². The maximum absolute atomic E-state index is 12.6. The van der Waals surface area contributed by atoms with Gasteiger partial charge in [-0.25, -0.2) is 4.79 Å². The van der Waals surface area contributed by atoms with E-state index in [0.717, 1.165) is 11.3 Å². The molecule has 3 rings (SSSR count). The van der Waals surface area contributed by atoms with E-state index in [2.05, 4.69) is 0 Å². The number of piperidine rings is 1. The average Bonchev–Trinajstić information content (AvgIpc) is 3.13. The van der Waals surface area contributed by atoms with Gasteiger partial charge in [0.2, 0.25) is 0 Å². The lowest BCUT2D eigenvalue weighted by Gasteiger charge is -2.31. The number of nitrogen functional groups attached to an aromatic ring is 1. The number of halogens is 1. The number of thiophene rings is 1. The van der Waals surface area contributed by atoms with E-state index in [0.29, 0.717) is 36.5 Å². The van der Waals surface area contributed by atoms with E-state index in [1.54, 1.807) is 36.1 Å². The number of hydrogen-bond donors (Lipinski definition) is 1. The lowest BCUT2D eigenvalue weighted by Crippen LogP contribution is -2.40. The summed E-state index contributed by atoms with van der Waals surface area (Å²) in [4.78, 5) is 39.2. The fourth-order valence-electron chi connectivity index (χ4n) is 3.46. The molecular weight excluding hydrogens is 454 g/mol. The summed E-state index contributed by atoms with van der Waals surface area (Å²) in [7, 11) is 0. The summed E-state index contributed by atoms with van der Waals surface area (Å²) >= 11 is 6.81. The van der Waals surface area contributed by atoms with E-state index in [4.69, 9.17) is 26.8 Å². The van der Waals surface area contributed by atoms with Gasteiger partial charge in [0.05, 0.1) is 18.1 Å². The Morgan fingerprint density at radius 1 is 1.22 bits per heavy atom. The topological polar surface area (TPSA) is 123 Å². The summed E-state index contributed by atoms with van der Waals surface area (Å²) in [5, 5.41) is 10.1. The van der Waals surface area contributed by atoms with Gasteiger partial charge >= 0.3 is 11.9 Å². The SMILES string of the molecule is CCOC(=O)c1sc(N)c(C#N)c1COC(=O)C1CCN(C(=O)c2ccc(Cl)cc2)CC1. The molecule has 2 N–H and O–H groups in total. The zero-order valence-corrected chi connectivity index (χ0v) is 19.0. The number of ether oxygens (including phenoxy) is 2. The number of nitriles is 1. The van der Waals surface area contributed by atoms with Crippen molar-refractivity contribution >= 4 is 45.8 Å². The second kappa shape index (κ2) is 10.5. The molecule has 1 amide bonds. The number of esters is 2. The number of nitrogens with two attached hydrogens (primary N) is 1. The molecule has 0 radical (unpaired) electrons. The van der Waals surface area contributed by atoms with Crippen LogP contribution in [0.1, 0.15) is 50.9 Å². The largest absolute Gasteiger partial charge is 0.462 e. The fourth-order valence-corrected chi connectivity index (χ4v) is 4.50. The molecule has 1 aromatic heterocycles. The van der Waals surface area contributed by atoms with E-state index >= 15 is 0 Å². The molecule has 0 aliphatic carbocycles. The Morgan fingerprint density at radius 3 is 2.47 bits per heavy atom. The normalized spacial score (nSPS) is 14.0. The Hall–Kier alpha value is -3.09. The van der Waals surface area contributed by atoms with Crippen LogP contribution in [0, 0.1) is 17.2 Å². The molecule has 1 saturated heterocycles. The van der Waals surface area contributed by atoms with Gasteiger partial charge in [-0.1, -0.05) is 11.6 Å². The van der Waals surface area contributed by atoms with Gasteiger partial charge in [-0.2, -0.15) is 5.26 Å². The molecule has 0 atom stereocenters. The number of anilines is 1. The van der Waals surface area contributed by atoms with Crippen LogP contribution in [0.5, 0.6) is 0 Å². The third-order valence-corrected chi connectivity index (χ3v) is 6.47. The quantitative estimate of drug-likeness (QED) is 0.632. The third kappa shape index (κ3) is 5.21. The number of benzene rings is 1. The molecule has 0 saturated carbocycles. The van der Waals surface area contributed by atoms with Gasteiger partial charge in [0, 0.05) is 29.2 Å². The number of hydrogen-bond acceptors (Lipinski definition) is 8. The van der Waals surface area contributed by atoms with Gasteiger partial charge in [-0.3, -0.25) is 9.59 Å². The second-order valence-electron chi connectivity index (χ2n) is 7.16. The Labute approximate surface area is 194 Å². The molecule has 32 heavy (non-hydrogen) atoms. The van der Waals surface area contributed by atoms with Gasteiger partial charge in [-0.15, -0.1) is 11.3 Å². The molecule has 2 aromatic rings. The van der Waals surface area contributed by atoms with Crippen molar-refractivity contribution in [1.82, 2.24) is 4.90 Å². The molecule has 1 aliphatic heterocycles. The lowest BCUT2D eigenvalue weighted by atomic mass is 9.96. The summed E-state index contributed by atoms with van der Waals surface area (Å²) in [5.74, 6) is -1.53. The van der Waals surface area contributed by atoms with Crippen LogP contribution in [-0.2, 0) is 20.9 Å². The molecule has 1 aliphatic rings. The molecule has 2 heterocycles. The zero-order chi connectivity index (χ0) is 23.3. The van der Waals surface area contributed by atoms with Crippen LogP contribution in [0.3, 0.4) is 0 Å². The summed E-state index contributed by atoms with van der Waals surface area (Å²) in [5.41, 5.74) is 6.76. The summed E-state index contributed by atoms with van der Waals surface area (Å²) in [6, 6.07) is 8.63. The maximum Gasteiger partial charge on any atom is 0.348 e. The average molecular weight is 476 g/mol. The van der Waals surface area contributed by atoms with Crippen molar-refractivity contribution in [3.8, 4) is 6.07 Å². The monoisotopic (exact) mass is 475 g/mol. The van der Waals surface area contributed by atoms with Crippen molar-refractivity contribution in [3.63, 3.8) is 0 Å². The number of carbonyl (C=O) groups is 3. The van der Waals surface area contributed by atoms with E-state index in [1.807, 2.05) is 6.07 Å². The number of rotatable bonds is 6. The molecule has 0 spiro atoms. The minimum atomic E-state index is -0.606. The number of carbonyl (C=O) groups excluding carboxylic acids is 3. The Kier molecular flexibility index (Phi) is 7.72. The Bertz CT molecular complexity index is 1050. The van der Waals surface area contributed by atoms with Crippen LogP contribution in [-0.4, -0.2) is 42.4 Å². The van der Waals surface area contributed by atoms with Crippen LogP contribution < -0.4 is 5.73 Å².